The molecule has 0 saturated carbocycles. The molecule has 0 heterocycles. The van der Waals surface area contributed by atoms with Crippen molar-refractivity contribution in [2.24, 2.45) is 0 Å². The lowest BCUT2D eigenvalue weighted by Gasteiger charge is -2.13. The van der Waals surface area contributed by atoms with Crippen molar-refractivity contribution >= 4 is 27.3 Å². The topological polar surface area (TPSA) is 78.5 Å². The van der Waals surface area contributed by atoms with Crippen LogP contribution in [0.3, 0.4) is 0 Å². The number of hydrogen-bond acceptors (Lipinski definition) is 4. The fourth-order valence-corrected chi connectivity index (χ4v) is 2.88. The molecule has 0 bridgehead atoms. The Morgan fingerprint density at radius 2 is 1.75 bits per heavy atom. The van der Waals surface area contributed by atoms with Gasteiger partial charge in [-0.1, -0.05) is 12.1 Å². The SMILES string of the molecule is CN(C)S(=O)(=O)c1cccc(NC(=O)CNc2cccc(F)c2)c1. The largest absolute Gasteiger partial charge is 0.376 e. The molecule has 0 aromatic heterocycles. The molecule has 6 nitrogen and oxygen atoms in total. The standard InChI is InChI=1S/C16H18FN3O3S/c1-20(2)24(22,23)15-8-4-7-14(10-15)19-16(21)11-18-13-6-3-5-12(17)9-13/h3-10,18H,11H2,1-2H3,(H,19,21). The second kappa shape index (κ2) is 7.41. The molecule has 0 spiro atoms. The highest BCUT2D eigenvalue weighted by atomic mass is 32.2. The van der Waals surface area contributed by atoms with Gasteiger partial charge in [-0.2, -0.15) is 0 Å². The number of anilines is 2. The summed E-state index contributed by atoms with van der Waals surface area (Å²) in [6.07, 6.45) is 0. The highest BCUT2D eigenvalue weighted by Gasteiger charge is 2.17. The zero-order valence-corrected chi connectivity index (χ0v) is 14.1. The minimum absolute atomic E-state index is 0.0753. The lowest BCUT2D eigenvalue weighted by molar-refractivity contribution is -0.114. The van der Waals surface area contributed by atoms with Crippen LogP contribution in [0.15, 0.2) is 53.4 Å². The summed E-state index contributed by atoms with van der Waals surface area (Å²) in [5.41, 5.74) is 0.845. The van der Waals surface area contributed by atoms with Crippen LogP contribution in [0.25, 0.3) is 0 Å². The van der Waals surface area contributed by atoms with Crippen LogP contribution in [0.5, 0.6) is 0 Å². The van der Waals surface area contributed by atoms with E-state index in [-0.39, 0.29) is 17.3 Å². The first kappa shape index (κ1) is 17.9. The molecule has 2 N–H and O–H groups in total. The van der Waals surface area contributed by atoms with E-state index < -0.39 is 15.8 Å². The van der Waals surface area contributed by atoms with Crippen LogP contribution in [0.1, 0.15) is 0 Å². The second-order valence-electron chi connectivity index (χ2n) is 5.23. The Labute approximate surface area is 140 Å². The van der Waals surface area contributed by atoms with Gasteiger partial charge in [0.05, 0.1) is 11.4 Å². The van der Waals surface area contributed by atoms with Crippen LogP contribution < -0.4 is 10.6 Å². The molecule has 0 aliphatic carbocycles. The molecule has 0 saturated heterocycles. The summed E-state index contributed by atoms with van der Waals surface area (Å²) >= 11 is 0. The fraction of sp³-hybridized carbons (Fsp3) is 0.188. The maximum atomic E-state index is 13.1. The predicted molar refractivity (Wildman–Crippen MR) is 90.8 cm³/mol. The number of nitrogens with one attached hydrogen (secondary N) is 2. The second-order valence-corrected chi connectivity index (χ2v) is 7.38. The molecule has 0 aliphatic heterocycles. The number of halogens is 1. The van der Waals surface area contributed by atoms with E-state index in [1.165, 1.54) is 44.4 Å². The van der Waals surface area contributed by atoms with Crippen LogP contribution in [0, 0.1) is 5.82 Å². The number of hydrogen-bond donors (Lipinski definition) is 2. The molecule has 0 fully saturated rings. The van der Waals surface area contributed by atoms with Gasteiger partial charge >= 0.3 is 0 Å². The van der Waals surface area contributed by atoms with Gasteiger partial charge in [-0.15, -0.1) is 0 Å². The quantitative estimate of drug-likeness (QED) is 0.836. The lowest BCUT2D eigenvalue weighted by atomic mass is 10.3. The average Bonchev–Trinajstić information content (AvgIpc) is 2.53. The van der Waals surface area contributed by atoms with Crippen LogP contribution in [-0.2, 0) is 14.8 Å². The number of sulfonamides is 1. The van der Waals surface area contributed by atoms with Gasteiger partial charge in [0.1, 0.15) is 5.82 Å². The molecule has 0 atom stereocenters. The molecule has 0 aliphatic rings. The van der Waals surface area contributed by atoms with Gasteiger partial charge in [0.2, 0.25) is 15.9 Å². The molecular formula is C16H18FN3O3S. The normalized spacial score (nSPS) is 11.3. The predicted octanol–water partition coefficient (Wildman–Crippen LogP) is 2.13. The maximum Gasteiger partial charge on any atom is 0.243 e. The summed E-state index contributed by atoms with van der Waals surface area (Å²) in [6.45, 7) is -0.0753. The fourth-order valence-electron chi connectivity index (χ4n) is 1.93. The van der Waals surface area contributed by atoms with Gasteiger partial charge in [-0.3, -0.25) is 4.79 Å². The lowest BCUT2D eigenvalue weighted by Crippen LogP contribution is -2.23. The van der Waals surface area contributed by atoms with Crippen LogP contribution >= 0.6 is 0 Å². The Kier molecular flexibility index (Phi) is 5.53. The highest BCUT2D eigenvalue weighted by molar-refractivity contribution is 7.89. The van der Waals surface area contributed by atoms with Crippen molar-refractivity contribution in [1.29, 1.82) is 0 Å². The van der Waals surface area contributed by atoms with Crippen molar-refractivity contribution in [1.82, 2.24) is 4.31 Å². The summed E-state index contributed by atoms with van der Waals surface area (Å²) in [5, 5.41) is 5.39. The highest BCUT2D eigenvalue weighted by Crippen LogP contribution is 2.18. The Balaban J connectivity index is 2.02. The first-order chi connectivity index (χ1) is 11.3. The number of carbonyl (C=O) groups is 1. The van der Waals surface area contributed by atoms with Gasteiger partial charge in [-0.25, -0.2) is 17.1 Å². The number of rotatable bonds is 6. The summed E-state index contributed by atoms with van der Waals surface area (Å²) in [5.74, 6) is -0.777. The molecule has 2 aromatic carbocycles. The van der Waals surface area contributed by atoms with Gasteiger partial charge < -0.3 is 10.6 Å². The molecule has 0 unspecified atom stereocenters. The summed E-state index contributed by atoms with van der Waals surface area (Å²) in [6, 6.07) is 11.7. The molecule has 1 amide bonds. The summed E-state index contributed by atoms with van der Waals surface area (Å²) in [4.78, 5) is 12.0. The van der Waals surface area contributed by atoms with E-state index in [4.69, 9.17) is 0 Å². The third kappa shape index (κ3) is 4.53. The van der Waals surface area contributed by atoms with Crippen molar-refractivity contribution in [3.8, 4) is 0 Å². The van der Waals surface area contributed by atoms with E-state index in [0.717, 1.165) is 4.31 Å². The Hall–Kier alpha value is -2.45. The molecule has 24 heavy (non-hydrogen) atoms. The molecule has 8 heteroatoms. The zero-order chi connectivity index (χ0) is 17.7. The van der Waals surface area contributed by atoms with Crippen molar-refractivity contribution in [3.63, 3.8) is 0 Å². The van der Waals surface area contributed by atoms with Crippen molar-refractivity contribution in [2.45, 2.75) is 4.90 Å². The number of amides is 1. The molecule has 2 aromatic rings. The van der Waals surface area contributed by atoms with Gasteiger partial charge in [0.25, 0.3) is 0 Å². The van der Waals surface area contributed by atoms with Gasteiger partial charge in [0, 0.05) is 25.5 Å². The minimum atomic E-state index is -3.57. The third-order valence-electron chi connectivity index (χ3n) is 3.17. The van der Waals surface area contributed by atoms with E-state index in [2.05, 4.69) is 10.6 Å². The molecular weight excluding hydrogens is 333 g/mol. The number of benzene rings is 2. The van der Waals surface area contributed by atoms with Crippen molar-refractivity contribution in [2.75, 3.05) is 31.3 Å². The Morgan fingerprint density at radius 3 is 2.42 bits per heavy atom. The molecule has 0 radical (unpaired) electrons. The number of carbonyl (C=O) groups excluding carboxylic acids is 1. The van der Waals surface area contributed by atoms with Crippen molar-refractivity contribution in [3.05, 3.63) is 54.3 Å². The molecule has 128 valence electrons. The van der Waals surface area contributed by atoms with E-state index in [0.29, 0.717) is 11.4 Å². The van der Waals surface area contributed by atoms with Crippen LogP contribution in [0.4, 0.5) is 15.8 Å². The maximum absolute atomic E-state index is 13.1. The van der Waals surface area contributed by atoms with E-state index >= 15 is 0 Å². The van der Waals surface area contributed by atoms with E-state index in [1.807, 2.05) is 0 Å². The summed E-state index contributed by atoms with van der Waals surface area (Å²) in [7, 11) is -0.702. The first-order valence-electron chi connectivity index (χ1n) is 7.11. The van der Waals surface area contributed by atoms with Gasteiger partial charge in [0.15, 0.2) is 0 Å². The summed E-state index contributed by atoms with van der Waals surface area (Å²) < 4.78 is 38.3. The average molecular weight is 351 g/mol. The Morgan fingerprint density at radius 1 is 1.08 bits per heavy atom. The zero-order valence-electron chi connectivity index (χ0n) is 13.3. The van der Waals surface area contributed by atoms with Crippen LogP contribution in [0.2, 0.25) is 0 Å². The monoisotopic (exact) mass is 351 g/mol. The first-order valence-corrected chi connectivity index (χ1v) is 8.55. The Bertz CT molecular complexity index is 838. The van der Waals surface area contributed by atoms with Crippen molar-refractivity contribution < 1.29 is 17.6 Å². The smallest absolute Gasteiger partial charge is 0.243 e. The van der Waals surface area contributed by atoms with Gasteiger partial charge in [-0.05, 0) is 36.4 Å². The number of nitrogens with zero attached hydrogens (tertiary/aromatic N) is 1. The minimum Gasteiger partial charge on any atom is -0.376 e. The molecule has 2 rings (SSSR count). The van der Waals surface area contributed by atoms with Crippen LogP contribution in [-0.4, -0.2) is 39.3 Å². The third-order valence-corrected chi connectivity index (χ3v) is 4.99. The van der Waals surface area contributed by atoms with E-state index in [1.54, 1.807) is 18.2 Å². The van der Waals surface area contributed by atoms with E-state index in [9.17, 15) is 17.6 Å².